The van der Waals surface area contributed by atoms with E-state index >= 15 is 0 Å². The summed E-state index contributed by atoms with van der Waals surface area (Å²) in [5.41, 5.74) is -0.821. The van der Waals surface area contributed by atoms with Crippen LogP contribution in [0.2, 0.25) is 0 Å². The first-order valence-corrected chi connectivity index (χ1v) is 7.80. The number of para-hydroxylation sites is 1. The van der Waals surface area contributed by atoms with Gasteiger partial charge in [0.25, 0.3) is 0 Å². The van der Waals surface area contributed by atoms with Crippen LogP contribution in [0.5, 0.6) is 0 Å². The number of carbonyl (C=O) groups excluding carboxylic acids is 1. The first-order chi connectivity index (χ1) is 11.9. The van der Waals surface area contributed by atoms with Gasteiger partial charge in [0.05, 0.1) is 35.8 Å². The summed E-state index contributed by atoms with van der Waals surface area (Å²) < 4.78 is 45.9. The number of ether oxygens (including phenoxy) is 1. The lowest BCUT2D eigenvalue weighted by molar-refractivity contribution is -0.136. The second kappa shape index (κ2) is 7.14. The van der Waals surface area contributed by atoms with Crippen LogP contribution in [0.15, 0.2) is 36.7 Å². The van der Waals surface area contributed by atoms with E-state index in [0.29, 0.717) is 12.2 Å². The van der Waals surface area contributed by atoms with Crippen LogP contribution >= 0.6 is 0 Å². The Balaban J connectivity index is 1.61. The molecule has 9 heteroatoms. The Kier molecular flexibility index (Phi) is 4.93. The van der Waals surface area contributed by atoms with E-state index < -0.39 is 17.8 Å². The fourth-order valence-corrected chi connectivity index (χ4v) is 2.65. The zero-order valence-electron chi connectivity index (χ0n) is 13.2. The van der Waals surface area contributed by atoms with Crippen LogP contribution < -0.4 is 10.6 Å². The maximum atomic E-state index is 12.9. The van der Waals surface area contributed by atoms with Gasteiger partial charge in [0, 0.05) is 12.8 Å². The number of anilines is 2. The number of halogens is 3. The monoisotopic (exact) mass is 354 g/mol. The van der Waals surface area contributed by atoms with E-state index in [2.05, 4.69) is 15.7 Å². The summed E-state index contributed by atoms with van der Waals surface area (Å²) >= 11 is 0. The molecule has 0 radical (unpaired) electrons. The van der Waals surface area contributed by atoms with Gasteiger partial charge in [-0.3, -0.25) is 4.68 Å². The van der Waals surface area contributed by atoms with Crippen LogP contribution in [0.1, 0.15) is 18.4 Å². The zero-order valence-corrected chi connectivity index (χ0v) is 13.2. The van der Waals surface area contributed by atoms with Crippen LogP contribution in [-0.4, -0.2) is 28.5 Å². The van der Waals surface area contributed by atoms with Gasteiger partial charge >= 0.3 is 12.2 Å². The number of hydrogen-bond donors (Lipinski definition) is 2. The van der Waals surface area contributed by atoms with Crippen LogP contribution in [0.3, 0.4) is 0 Å². The summed E-state index contributed by atoms with van der Waals surface area (Å²) in [7, 11) is 0. The Morgan fingerprint density at radius 2 is 2.12 bits per heavy atom. The molecule has 1 fully saturated rings. The Labute approximate surface area is 142 Å². The molecule has 1 aromatic heterocycles. The van der Waals surface area contributed by atoms with Crippen molar-refractivity contribution < 1.29 is 22.7 Å². The van der Waals surface area contributed by atoms with Crippen LogP contribution in [0.25, 0.3) is 0 Å². The summed E-state index contributed by atoms with van der Waals surface area (Å²) in [6.07, 6.45) is 0.562. The minimum atomic E-state index is -4.55. The maximum Gasteiger partial charge on any atom is 0.418 e. The standard InChI is InChI=1S/C16H17F3N4O2/c17-16(18,19)13-5-1-2-6-14(13)22-15(24)21-11-8-20-23(9-11)10-12-4-3-7-25-12/h1-2,5-6,8-9,12H,3-4,7,10H2,(H2,21,22,24)/t12-/m1/s1. The molecule has 2 aromatic rings. The van der Waals surface area contributed by atoms with Crippen molar-refractivity contribution in [1.82, 2.24) is 9.78 Å². The number of alkyl halides is 3. The van der Waals surface area contributed by atoms with E-state index in [1.54, 1.807) is 10.9 Å². The summed E-state index contributed by atoms with van der Waals surface area (Å²) in [5, 5.41) is 8.80. The number of amides is 2. The van der Waals surface area contributed by atoms with Gasteiger partial charge in [-0.05, 0) is 25.0 Å². The van der Waals surface area contributed by atoms with Crippen molar-refractivity contribution in [1.29, 1.82) is 0 Å². The van der Waals surface area contributed by atoms with Gasteiger partial charge in [-0.2, -0.15) is 18.3 Å². The average Bonchev–Trinajstić information content (AvgIpc) is 3.19. The Hall–Kier alpha value is -2.55. The average molecular weight is 354 g/mol. The molecule has 2 amide bonds. The van der Waals surface area contributed by atoms with Crippen LogP contribution in [0, 0.1) is 0 Å². The highest BCUT2D eigenvalue weighted by Gasteiger charge is 2.33. The van der Waals surface area contributed by atoms with Gasteiger partial charge in [-0.1, -0.05) is 12.1 Å². The topological polar surface area (TPSA) is 68.2 Å². The smallest absolute Gasteiger partial charge is 0.376 e. The molecule has 1 aromatic carbocycles. The molecule has 1 saturated heterocycles. The number of carbonyl (C=O) groups is 1. The molecule has 134 valence electrons. The van der Waals surface area contributed by atoms with Crippen molar-refractivity contribution in [3.63, 3.8) is 0 Å². The predicted molar refractivity (Wildman–Crippen MR) is 85.3 cm³/mol. The summed E-state index contributed by atoms with van der Waals surface area (Å²) in [6.45, 7) is 1.30. The van der Waals surface area contributed by atoms with Gasteiger partial charge < -0.3 is 15.4 Å². The molecule has 1 aliphatic rings. The molecule has 6 nitrogen and oxygen atoms in total. The van der Waals surface area contributed by atoms with Crippen molar-refractivity contribution in [2.75, 3.05) is 17.2 Å². The van der Waals surface area contributed by atoms with E-state index in [-0.39, 0.29) is 11.8 Å². The highest BCUT2D eigenvalue weighted by atomic mass is 19.4. The second-order valence-electron chi connectivity index (χ2n) is 5.71. The molecule has 25 heavy (non-hydrogen) atoms. The van der Waals surface area contributed by atoms with Gasteiger partial charge in [0.1, 0.15) is 0 Å². The third-order valence-electron chi connectivity index (χ3n) is 3.79. The van der Waals surface area contributed by atoms with Crippen molar-refractivity contribution >= 4 is 17.4 Å². The normalized spacial score (nSPS) is 17.5. The molecule has 0 saturated carbocycles. The zero-order chi connectivity index (χ0) is 17.9. The largest absolute Gasteiger partial charge is 0.418 e. The molecule has 1 atom stereocenters. The van der Waals surface area contributed by atoms with Crippen LogP contribution in [-0.2, 0) is 17.5 Å². The second-order valence-corrected chi connectivity index (χ2v) is 5.71. The lowest BCUT2D eigenvalue weighted by atomic mass is 10.1. The predicted octanol–water partition coefficient (Wildman–Crippen LogP) is 3.72. The molecule has 0 aliphatic carbocycles. The SMILES string of the molecule is O=C(Nc1cnn(C[C@H]2CCCO2)c1)Nc1ccccc1C(F)(F)F. The minimum absolute atomic E-state index is 0.0974. The number of benzene rings is 1. The minimum Gasteiger partial charge on any atom is -0.376 e. The summed E-state index contributed by atoms with van der Waals surface area (Å²) in [6, 6.07) is 4.03. The highest BCUT2D eigenvalue weighted by Crippen LogP contribution is 2.34. The van der Waals surface area contributed by atoms with Gasteiger partial charge in [-0.15, -0.1) is 0 Å². The molecular formula is C16H17F3N4O2. The molecule has 0 spiro atoms. The Morgan fingerprint density at radius 3 is 2.84 bits per heavy atom. The molecule has 3 rings (SSSR count). The molecule has 1 aliphatic heterocycles. The fraction of sp³-hybridized carbons (Fsp3) is 0.375. The number of nitrogens with zero attached hydrogens (tertiary/aromatic N) is 2. The van der Waals surface area contributed by atoms with E-state index in [1.165, 1.54) is 24.4 Å². The van der Waals surface area contributed by atoms with Gasteiger partial charge in [0.15, 0.2) is 0 Å². The molecule has 0 bridgehead atoms. The third kappa shape index (κ3) is 4.50. The third-order valence-corrected chi connectivity index (χ3v) is 3.79. The first kappa shape index (κ1) is 17.3. The maximum absolute atomic E-state index is 12.9. The highest BCUT2D eigenvalue weighted by molar-refractivity contribution is 6.00. The molecular weight excluding hydrogens is 337 g/mol. The van der Waals surface area contributed by atoms with E-state index in [1.807, 2.05) is 0 Å². The number of hydrogen-bond acceptors (Lipinski definition) is 3. The lowest BCUT2D eigenvalue weighted by Crippen LogP contribution is -2.21. The fourth-order valence-electron chi connectivity index (χ4n) is 2.65. The van der Waals surface area contributed by atoms with Crippen molar-refractivity contribution in [3.8, 4) is 0 Å². The van der Waals surface area contributed by atoms with E-state index in [9.17, 15) is 18.0 Å². The molecule has 2 N–H and O–H groups in total. The van der Waals surface area contributed by atoms with Crippen molar-refractivity contribution in [3.05, 3.63) is 42.2 Å². The van der Waals surface area contributed by atoms with Crippen molar-refractivity contribution in [2.24, 2.45) is 0 Å². The molecule has 2 heterocycles. The van der Waals surface area contributed by atoms with Gasteiger partial charge in [0.2, 0.25) is 0 Å². The lowest BCUT2D eigenvalue weighted by Gasteiger charge is -2.13. The molecule has 0 unspecified atom stereocenters. The quantitative estimate of drug-likeness (QED) is 0.879. The van der Waals surface area contributed by atoms with Crippen LogP contribution in [0.4, 0.5) is 29.3 Å². The van der Waals surface area contributed by atoms with Gasteiger partial charge in [-0.25, -0.2) is 4.79 Å². The number of rotatable bonds is 4. The Bertz CT molecular complexity index is 739. The van der Waals surface area contributed by atoms with E-state index in [4.69, 9.17) is 4.74 Å². The van der Waals surface area contributed by atoms with Crippen molar-refractivity contribution in [2.45, 2.75) is 31.7 Å². The number of nitrogens with one attached hydrogen (secondary N) is 2. The first-order valence-electron chi connectivity index (χ1n) is 7.80. The van der Waals surface area contributed by atoms with E-state index in [0.717, 1.165) is 25.5 Å². The number of urea groups is 1. The summed E-state index contributed by atoms with van der Waals surface area (Å²) in [5.74, 6) is 0. The summed E-state index contributed by atoms with van der Waals surface area (Å²) in [4.78, 5) is 12.0. The Morgan fingerprint density at radius 1 is 1.32 bits per heavy atom. The number of aromatic nitrogens is 2.